The molecule has 144 valence electrons. The molecular weight excluding hydrogens is 340 g/mol. The quantitative estimate of drug-likeness (QED) is 0.721. The largest absolute Gasteiger partial charge is 0.491 e. The molecule has 0 aliphatic heterocycles. The predicted octanol–water partition coefficient (Wildman–Crippen LogP) is 4.50. The number of ether oxygens (including phenoxy) is 1. The lowest BCUT2D eigenvalue weighted by atomic mass is 10.1. The van der Waals surface area contributed by atoms with Gasteiger partial charge in [-0.3, -0.25) is 9.59 Å². The summed E-state index contributed by atoms with van der Waals surface area (Å²) in [5.74, 6) is 0.854. The number of rotatable bonds is 8. The molecule has 0 aromatic heterocycles. The van der Waals surface area contributed by atoms with Crippen molar-refractivity contribution in [1.29, 1.82) is 0 Å². The van der Waals surface area contributed by atoms with Crippen LogP contribution < -0.4 is 15.4 Å². The van der Waals surface area contributed by atoms with E-state index in [1.807, 2.05) is 26.0 Å². The molecule has 0 heterocycles. The van der Waals surface area contributed by atoms with Crippen LogP contribution in [0, 0.1) is 5.92 Å². The molecular formula is C22H28N2O3. The van der Waals surface area contributed by atoms with Gasteiger partial charge in [0.2, 0.25) is 0 Å². The Kier molecular flexibility index (Phi) is 7.41. The smallest absolute Gasteiger partial charge is 0.255 e. The molecule has 2 aromatic carbocycles. The van der Waals surface area contributed by atoms with E-state index in [9.17, 15) is 9.59 Å². The lowest BCUT2D eigenvalue weighted by Crippen LogP contribution is -2.25. The average molecular weight is 368 g/mol. The number of hydrogen-bond donors (Lipinski definition) is 2. The van der Waals surface area contributed by atoms with Crippen LogP contribution >= 0.6 is 0 Å². The summed E-state index contributed by atoms with van der Waals surface area (Å²) in [6.45, 7) is 8.76. The maximum Gasteiger partial charge on any atom is 0.255 e. The summed E-state index contributed by atoms with van der Waals surface area (Å²) in [6, 6.07) is 13.9. The van der Waals surface area contributed by atoms with E-state index in [0.29, 0.717) is 29.3 Å². The van der Waals surface area contributed by atoms with Crippen molar-refractivity contribution >= 4 is 17.5 Å². The first-order valence-electron chi connectivity index (χ1n) is 9.31. The second-order valence-electron chi connectivity index (χ2n) is 7.16. The molecule has 0 fully saturated rings. The summed E-state index contributed by atoms with van der Waals surface area (Å²) in [4.78, 5) is 24.7. The molecule has 2 amide bonds. The molecule has 2 rings (SSSR count). The topological polar surface area (TPSA) is 67.4 Å². The van der Waals surface area contributed by atoms with Crippen molar-refractivity contribution in [3.8, 4) is 5.75 Å². The lowest BCUT2D eigenvalue weighted by molar-refractivity contribution is 0.0952. The van der Waals surface area contributed by atoms with Gasteiger partial charge in [-0.25, -0.2) is 0 Å². The summed E-state index contributed by atoms with van der Waals surface area (Å²) in [7, 11) is 0. The van der Waals surface area contributed by atoms with Gasteiger partial charge in [0.1, 0.15) is 5.75 Å². The number of benzene rings is 2. The van der Waals surface area contributed by atoms with Crippen molar-refractivity contribution in [2.45, 2.75) is 40.2 Å². The molecule has 0 aliphatic carbocycles. The summed E-state index contributed by atoms with van der Waals surface area (Å²) in [5, 5.41) is 5.72. The van der Waals surface area contributed by atoms with Crippen LogP contribution in [0.3, 0.4) is 0 Å². The molecule has 2 aromatic rings. The standard InChI is InChI=1S/C22H28N2O3/c1-15(2)12-13-23-21(25)17-6-5-7-18(14-17)22(26)24-19-8-10-20(11-9-19)27-16(3)4/h5-11,14-16H,12-13H2,1-4H3,(H,23,25)(H,24,26). The maximum atomic E-state index is 12.5. The number of amides is 2. The van der Waals surface area contributed by atoms with Crippen molar-refractivity contribution in [2.24, 2.45) is 5.92 Å². The van der Waals surface area contributed by atoms with Crippen LogP contribution in [0.25, 0.3) is 0 Å². The van der Waals surface area contributed by atoms with Crippen molar-refractivity contribution in [2.75, 3.05) is 11.9 Å². The predicted molar refractivity (Wildman–Crippen MR) is 108 cm³/mol. The van der Waals surface area contributed by atoms with Gasteiger partial charge >= 0.3 is 0 Å². The van der Waals surface area contributed by atoms with Crippen LogP contribution in [0.2, 0.25) is 0 Å². The van der Waals surface area contributed by atoms with Gasteiger partial charge in [0.05, 0.1) is 6.10 Å². The lowest BCUT2D eigenvalue weighted by Gasteiger charge is -2.11. The molecule has 0 radical (unpaired) electrons. The monoisotopic (exact) mass is 368 g/mol. The third kappa shape index (κ3) is 6.77. The van der Waals surface area contributed by atoms with E-state index in [1.165, 1.54) is 0 Å². The Morgan fingerprint density at radius 2 is 1.56 bits per heavy atom. The third-order valence-corrected chi connectivity index (χ3v) is 3.88. The Bertz CT molecular complexity index is 767. The van der Waals surface area contributed by atoms with Crippen LogP contribution in [-0.4, -0.2) is 24.5 Å². The van der Waals surface area contributed by atoms with Gasteiger partial charge in [-0.1, -0.05) is 19.9 Å². The first-order valence-corrected chi connectivity index (χ1v) is 9.31. The zero-order valence-corrected chi connectivity index (χ0v) is 16.4. The zero-order valence-electron chi connectivity index (χ0n) is 16.4. The Hall–Kier alpha value is -2.82. The molecule has 0 saturated heterocycles. The third-order valence-electron chi connectivity index (χ3n) is 3.88. The second-order valence-corrected chi connectivity index (χ2v) is 7.16. The normalized spacial score (nSPS) is 10.7. The Morgan fingerprint density at radius 1 is 0.926 bits per heavy atom. The van der Waals surface area contributed by atoms with Crippen LogP contribution in [0.15, 0.2) is 48.5 Å². The van der Waals surface area contributed by atoms with Crippen molar-refractivity contribution in [3.63, 3.8) is 0 Å². The van der Waals surface area contributed by atoms with Crippen LogP contribution in [0.1, 0.15) is 54.8 Å². The summed E-state index contributed by atoms with van der Waals surface area (Å²) < 4.78 is 5.59. The van der Waals surface area contributed by atoms with Crippen molar-refractivity contribution in [1.82, 2.24) is 5.32 Å². The van der Waals surface area contributed by atoms with Gasteiger partial charge in [-0.05, 0) is 68.7 Å². The van der Waals surface area contributed by atoms with Gasteiger partial charge in [-0.15, -0.1) is 0 Å². The number of carbonyl (C=O) groups is 2. The molecule has 0 unspecified atom stereocenters. The summed E-state index contributed by atoms with van der Waals surface area (Å²) >= 11 is 0. The van der Waals surface area contributed by atoms with Crippen LogP contribution in [0.4, 0.5) is 5.69 Å². The van der Waals surface area contributed by atoms with Gasteiger partial charge < -0.3 is 15.4 Å². The fourth-order valence-corrected chi connectivity index (χ4v) is 2.47. The Morgan fingerprint density at radius 3 is 2.15 bits per heavy atom. The fraction of sp³-hybridized carbons (Fsp3) is 0.364. The first kappa shape index (κ1) is 20.5. The SMILES string of the molecule is CC(C)CCNC(=O)c1cccc(C(=O)Nc2ccc(OC(C)C)cc2)c1. The van der Waals surface area contributed by atoms with Gasteiger partial charge in [0.15, 0.2) is 0 Å². The van der Waals surface area contributed by atoms with Crippen molar-refractivity contribution in [3.05, 3.63) is 59.7 Å². The minimum atomic E-state index is -0.260. The molecule has 5 heteroatoms. The van der Waals surface area contributed by atoms with E-state index >= 15 is 0 Å². The number of hydrogen-bond acceptors (Lipinski definition) is 3. The average Bonchev–Trinajstić information content (AvgIpc) is 2.62. The second kappa shape index (κ2) is 9.76. The van der Waals surface area contributed by atoms with Gasteiger partial charge in [0.25, 0.3) is 11.8 Å². The van der Waals surface area contributed by atoms with E-state index in [-0.39, 0.29) is 17.9 Å². The van der Waals surface area contributed by atoms with E-state index in [2.05, 4.69) is 24.5 Å². The van der Waals surface area contributed by atoms with E-state index < -0.39 is 0 Å². The van der Waals surface area contributed by atoms with Gasteiger partial charge in [-0.2, -0.15) is 0 Å². The number of nitrogens with one attached hydrogen (secondary N) is 2. The highest BCUT2D eigenvalue weighted by Crippen LogP contribution is 2.18. The zero-order chi connectivity index (χ0) is 19.8. The minimum absolute atomic E-state index is 0.0971. The summed E-state index contributed by atoms with van der Waals surface area (Å²) in [5.41, 5.74) is 1.59. The van der Waals surface area contributed by atoms with Crippen LogP contribution in [0.5, 0.6) is 5.75 Å². The fourth-order valence-electron chi connectivity index (χ4n) is 2.47. The molecule has 0 spiro atoms. The van der Waals surface area contributed by atoms with E-state index in [4.69, 9.17) is 4.74 Å². The Balaban J connectivity index is 1.99. The van der Waals surface area contributed by atoms with E-state index in [1.54, 1.807) is 36.4 Å². The molecule has 5 nitrogen and oxygen atoms in total. The number of carbonyl (C=O) groups excluding carboxylic acids is 2. The highest BCUT2D eigenvalue weighted by atomic mass is 16.5. The molecule has 27 heavy (non-hydrogen) atoms. The van der Waals surface area contributed by atoms with Gasteiger partial charge in [0, 0.05) is 23.4 Å². The molecule has 0 aliphatic rings. The number of anilines is 1. The highest BCUT2D eigenvalue weighted by molar-refractivity contribution is 6.06. The molecule has 0 saturated carbocycles. The molecule has 0 bridgehead atoms. The molecule has 2 N–H and O–H groups in total. The molecule has 0 atom stereocenters. The minimum Gasteiger partial charge on any atom is -0.491 e. The van der Waals surface area contributed by atoms with E-state index in [0.717, 1.165) is 12.2 Å². The highest BCUT2D eigenvalue weighted by Gasteiger charge is 2.11. The maximum absolute atomic E-state index is 12.5. The van der Waals surface area contributed by atoms with Crippen molar-refractivity contribution < 1.29 is 14.3 Å². The first-order chi connectivity index (χ1) is 12.8. The summed E-state index contributed by atoms with van der Waals surface area (Å²) in [6.07, 6.45) is 1.02. The Labute approximate surface area is 161 Å². The van der Waals surface area contributed by atoms with Crippen LogP contribution in [-0.2, 0) is 0 Å².